The van der Waals surface area contributed by atoms with Crippen molar-refractivity contribution in [1.29, 1.82) is 0 Å². The van der Waals surface area contributed by atoms with Gasteiger partial charge in [0.15, 0.2) is 0 Å². The summed E-state index contributed by atoms with van der Waals surface area (Å²) in [5.41, 5.74) is 3.21. The molecular formula is C17H20N2O2. The molecule has 0 saturated carbocycles. The molecule has 1 unspecified atom stereocenters. The topological polar surface area (TPSA) is 63.1 Å². The van der Waals surface area contributed by atoms with Crippen molar-refractivity contribution in [3.8, 4) is 11.1 Å². The van der Waals surface area contributed by atoms with Crippen LogP contribution in [0.1, 0.15) is 25.8 Å². The Balaban J connectivity index is 2.10. The largest absolute Gasteiger partial charge is 0.481 e. The van der Waals surface area contributed by atoms with E-state index in [1.54, 1.807) is 12.4 Å². The highest BCUT2D eigenvalue weighted by atomic mass is 16.4. The summed E-state index contributed by atoms with van der Waals surface area (Å²) >= 11 is 0. The van der Waals surface area contributed by atoms with Crippen molar-refractivity contribution in [2.75, 3.05) is 0 Å². The molecule has 0 bridgehead atoms. The van der Waals surface area contributed by atoms with E-state index in [4.69, 9.17) is 5.11 Å². The lowest BCUT2D eigenvalue weighted by molar-refractivity contribution is -0.138. The molecule has 4 heteroatoms. The first-order valence-corrected chi connectivity index (χ1v) is 7.12. The van der Waals surface area contributed by atoms with Crippen molar-refractivity contribution < 1.29 is 9.90 Å². The van der Waals surface area contributed by atoms with E-state index in [1.165, 1.54) is 6.33 Å². The van der Waals surface area contributed by atoms with Crippen molar-refractivity contribution in [2.45, 2.75) is 26.7 Å². The first kappa shape index (κ1) is 15.2. The number of carboxylic acid groups (broad SMARTS) is 1. The Morgan fingerprint density at radius 1 is 1.10 bits per heavy atom. The van der Waals surface area contributed by atoms with Crippen molar-refractivity contribution in [3.63, 3.8) is 0 Å². The summed E-state index contributed by atoms with van der Waals surface area (Å²) in [4.78, 5) is 19.0. The number of benzene rings is 1. The van der Waals surface area contributed by atoms with E-state index in [2.05, 4.69) is 35.9 Å². The lowest BCUT2D eigenvalue weighted by Gasteiger charge is -2.19. The van der Waals surface area contributed by atoms with E-state index < -0.39 is 5.97 Å². The van der Waals surface area contributed by atoms with E-state index in [9.17, 15) is 4.79 Å². The second-order valence-corrected chi connectivity index (χ2v) is 5.63. The van der Waals surface area contributed by atoms with Crippen LogP contribution in [0.15, 0.2) is 43.0 Å². The van der Waals surface area contributed by atoms with Crippen LogP contribution >= 0.6 is 0 Å². The van der Waals surface area contributed by atoms with Gasteiger partial charge in [0.25, 0.3) is 0 Å². The van der Waals surface area contributed by atoms with Gasteiger partial charge in [0.05, 0.1) is 0 Å². The van der Waals surface area contributed by atoms with E-state index >= 15 is 0 Å². The first-order chi connectivity index (χ1) is 10.1. The highest BCUT2D eigenvalue weighted by Crippen LogP contribution is 2.23. The third kappa shape index (κ3) is 4.38. The van der Waals surface area contributed by atoms with Gasteiger partial charge in [0.2, 0.25) is 0 Å². The SMILES string of the molecule is CC(C)C(CC(=O)O)Cc1ccc(-c2cncnc2)cc1. The molecular weight excluding hydrogens is 264 g/mol. The molecule has 0 fully saturated rings. The van der Waals surface area contributed by atoms with Crippen molar-refractivity contribution in [1.82, 2.24) is 9.97 Å². The van der Waals surface area contributed by atoms with Gasteiger partial charge in [0, 0.05) is 24.4 Å². The van der Waals surface area contributed by atoms with Gasteiger partial charge < -0.3 is 5.11 Å². The average molecular weight is 284 g/mol. The molecule has 0 spiro atoms. The quantitative estimate of drug-likeness (QED) is 0.882. The van der Waals surface area contributed by atoms with Crippen LogP contribution in [-0.2, 0) is 11.2 Å². The van der Waals surface area contributed by atoms with Gasteiger partial charge in [-0.05, 0) is 29.4 Å². The van der Waals surface area contributed by atoms with E-state index in [0.717, 1.165) is 23.1 Å². The first-order valence-electron chi connectivity index (χ1n) is 7.12. The van der Waals surface area contributed by atoms with Crippen LogP contribution in [0.2, 0.25) is 0 Å². The Labute approximate surface area is 124 Å². The van der Waals surface area contributed by atoms with Gasteiger partial charge in [-0.15, -0.1) is 0 Å². The van der Waals surface area contributed by atoms with Gasteiger partial charge in [-0.25, -0.2) is 9.97 Å². The van der Waals surface area contributed by atoms with Crippen LogP contribution in [-0.4, -0.2) is 21.0 Å². The van der Waals surface area contributed by atoms with Crippen LogP contribution < -0.4 is 0 Å². The lowest BCUT2D eigenvalue weighted by Crippen LogP contribution is -2.16. The van der Waals surface area contributed by atoms with Crippen LogP contribution in [0, 0.1) is 11.8 Å². The minimum absolute atomic E-state index is 0.161. The molecule has 1 N–H and O–H groups in total. The Kier molecular flexibility index (Phi) is 5.04. The number of aromatic nitrogens is 2. The number of hydrogen-bond acceptors (Lipinski definition) is 3. The molecule has 1 atom stereocenters. The van der Waals surface area contributed by atoms with E-state index in [-0.39, 0.29) is 12.3 Å². The molecule has 4 nitrogen and oxygen atoms in total. The summed E-state index contributed by atoms with van der Waals surface area (Å²) < 4.78 is 0. The van der Waals surface area contributed by atoms with Crippen LogP contribution in [0.3, 0.4) is 0 Å². The fourth-order valence-electron chi connectivity index (χ4n) is 2.35. The number of rotatable bonds is 6. The average Bonchev–Trinajstić information content (AvgIpc) is 2.48. The van der Waals surface area contributed by atoms with E-state index in [1.807, 2.05) is 12.1 Å². The zero-order valence-electron chi connectivity index (χ0n) is 12.4. The highest BCUT2D eigenvalue weighted by Gasteiger charge is 2.17. The maximum atomic E-state index is 10.9. The molecule has 2 aromatic rings. The van der Waals surface area contributed by atoms with Gasteiger partial charge in [-0.2, -0.15) is 0 Å². The standard InChI is InChI=1S/C17H20N2O2/c1-12(2)15(8-17(20)21)7-13-3-5-14(6-4-13)16-9-18-11-19-10-16/h3-6,9-12,15H,7-8H2,1-2H3,(H,20,21). The zero-order chi connectivity index (χ0) is 15.2. The molecule has 0 radical (unpaired) electrons. The molecule has 2 rings (SSSR count). The molecule has 1 heterocycles. The molecule has 0 amide bonds. The third-order valence-corrected chi connectivity index (χ3v) is 3.73. The predicted octanol–water partition coefficient (Wildman–Crippen LogP) is 3.43. The zero-order valence-corrected chi connectivity index (χ0v) is 12.4. The normalized spacial score (nSPS) is 12.3. The number of hydrogen-bond donors (Lipinski definition) is 1. The fourth-order valence-corrected chi connectivity index (χ4v) is 2.35. The maximum Gasteiger partial charge on any atom is 0.303 e. The van der Waals surface area contributed by atoms with Crippen molar-refractivity contribution in [2.24, 2.45) is 11.8 Å². The molecule has 1 aromatic carbocycles. The molecule has 1 aromatic heterocycles. The molecule has 0 aliphatic heterocycles. The summed E-state index contributed by atoms with van der Waals surface area (Å²) in [5, 5.41) is 8.99. The van der Waals surface area contributed by atoms with Gasteiger partial charge in [-0.1, -0.05) is 38.1 Å². The Hall–Kier alpha value is -2.23. The lowest BCUT2D eigenvalue weighted by atomic mass is 9.86. The molecule has 0 aliphatic carbocycles. The summed E-state index contributed by atoms with van der Waals surface area (Å²) in [6.45, 7) is 4.15. The van der Waals surface area contributed by atoms with E-state index in [0.29, 0.717) is 5.92 Å². The molecule has 0 aliphatic rings. The monoisotopic (exact) mass is 284 g/mol. The summed E-state index contributed by atoms with van der Waals surface area (Å²) in [6, 6.07) is 8.18. The second-order valence-electron chi connectivity index (χ2n) is 5.63. The summed E-state index contributed by atoms with van der Waals surface area (Å²) in [7, 11) is 0. The molecule has 110 valence electrons. The minimum Gasteiger partial charge on any atom is -0.481 e. The van der Waals surface area contributed by atoms with Gasteiger partial charge in [-0.3, -0.25) is 4.79 Å². The summed E-state index contributed by atoms with van der Waals surface area (Å²) in [5.74, 6) is -0.219. The molecule has 21 heavy (non-hydrogen) atoms. The van der Waals surface area contributed by atoms with Crippen LogP contribution in [0.25, 0.3) is 11.1 Å². The highest BCUT2D eigenvalue weighted by molar-refractivity contribution is 5.67. The number of aliphatic carboxylic acids is 1. The Morgan fingerprint density at radius 2 is 1.71 bits per heavy atom. The van der Waals surface area contributed by atoms with Crippen LogP contribution in [0.4, 0.5) is 0 Å². The summed E-state index contributed by atoms with van der Waals surface area (Å²) in [6.07, 6.45) is 6.07. The second kappa shape index (κ2) is 6.97. The number of carbonyl (C=O) groups is 1. The maximum absolute atomic E-state index is 10.9. The van der Waals surface area contributed by atoms with Crippen molar-refractivity contribution >= 4 is 5.97 Å². The Bertz CT molecular complexity index is 579. The van der Waals surface area contributed by atoms with Crippen molar-refractivity contribution in [3.05, 3.63) is 48.5 Å². The fraction of sp³-hybridized carbons (Fsp3) is 0.353. The van der Waals surface area contributed by atoms with Crippen LogP contribution in [0.5, 0.6) is 0 Å². The number of carboxylic acids is 1. The number of nitrogens with zero attached hydrogens (tertiary/aromatic N) is 2. The van der Waals surface area contributed by atoms with Gasteiger partial charge in [0.1, 0.15) is 6.33 Å². The van der Waals surface area contributed by atoms with Gasteiger partial charge >= 0.3 is 5.97 Å². The Morgan fingerprint density at radius 3 is 2.24 bits per heavy atom. The smallest absolute Gasteiger partial charge is 0.303 e. The minimum atomic E-state index is -0.730. The molecule has 0 saturated heterocycles. The third-order valence-electron chi connectivity index (χ3n) is 3.73. The predicted molar refractivity (Wildman–Crippen MR) is 81.8 cm³/mol.